The summed E-state index contributed by atoms with van der Waals surface area (Å²) in [5.74, 6) is 0. The van der Waals surface area contributed by atoms with Gasteiger partial charge in [0.2, 0.25) is 0 Å². The van der Waals surface area contributed by atoms with E-state index in [9.17, 15) is 14.4 Å². The highest BCUT2D eigenvalue weighted by molar-refractivity contribution is 5.68. The molecule has 0 aliphatic carbocycles. The van der Waals surface area contributed by atoms with Gasteiger partial charge in [-0.25, -0.2) is 9.59 Å². The summed E-state index contributed by atoms with van der Waals surface area (Å²) in [6, 6.07) is 1.38. The van der Waals surface area contributed by atoms with E-state index in [1.165, 1.54) is 6.07 Å². The summed E-state index contributed by atoms with van der Waals surface area (Å²) in [4.78, 5) is 42.9. The quantitative estimate of drug-likeness (QED) is 0.808. The molecule has 1 saturated heterocycles. The van der Waals surface area contributed by atoms with Gasteiger partial charge in [-0.05, 0) is 20.8 Å². The lowest BCUT2D eigenvalue weighted by Gasteiger charge is -2.35. The van der Waals surface area contributed by atoms with E-state index in [2.05, 4.69) is 14.9 Å². The second-order valence-electron chi connectivity index (χ2n) is 6.36. The average Bonchev–Trinajstić information content (AvgIpc) is 2.36. The molecule has 0 aromatic carbocycles. The smallest absolute Gasteiger partial charge is 0.410 e. The van der Waals surface area contributed by atoms with E-state index in [4.69, 9.17) is 4.74 Å². The fourth-order valence-electron chi connectivity index (χ4n) is 2.26. The topological polar surface area (TPSA) is 98.5 Å². The molecule has 0 atom stereocenters. The number of carbonyl (C=O) groups excluding carboxylic acids is 1. The van der Waals surface area contributed by atoms with E-state index >= 15 is 0 Å². The Morgan fingerprint density at radius 1 is 1.18 bits per heavy atom. The molecule has 0 bridgehead atoms. The molecule has 1 aromatic heterocycles. The van der Waals surface area contributed by atoms with Crippen LogP contribution in [0.5, 0.6) is 0 Å². The summed E-state index contributed by atoms with van der Waals surface area (Å²) >= 11 is 0. The van der Waals surface area contributed by atoms with Crippen molar-refractivity contribution in [3.63, 3.8) is 0 Å². The number of rotatable bonds is 2. The first-order valence-electron chi connectivity index (χ1n) is 7.26. The van der Waals surface area contributed by atoms with Crippen LogP contribution in [0.2, 0.25) is 0 Å². The monoisotopic (exact) mass is 310 g/mol. The van der Waals surface area contributed by atoms with Gasteiger partial charge in [0.15, 0.2) is 0 Å². The van der Waals surface area contributed by atoms with Gasteiger partial charge < -0.3 is 14.6 Å². The first-order valence-corrected chi connectivity index (χ1v) is 7.26. The highest BCUT2D eigenvalue weighted by Crippen LogP contribution is 2.12. The van der Waals surface area contributed by atoms with Gasteiger partial charge in [0.05, 0.1) is 0 Å². The number of piperazine rings is 1. The third-order valence-corrected chi connectivity index (χ3v) is 3.23. The fourth-order valence-corrected chi connectivity index (χ4v) is 2.26. The van der Waals surface area contributed by atoms with Crippen molar-refractivity contribution in [3.05, 3.63) is 32.6 Å². The van der Waals surface area contributed by atoms with Crippen LogP contribution in [-0.4, -0.2) is 57.6 Å². The summed E-state index contributed by atoms with van der Waals surface area (Å²) in [5, 5.41) is 0. The SMILES string of the molecule is CC(C)(C)OC(=O)N1CCN(Cc2cc(=O)[nH]c(=O)[nH]2)CC1. The molecule has 122 valence electrons. The maximum atomic E-state index is 12.0. The van der Waals surface area contributed by atoms with Crippen LogP contribution in [0.1, 0.15) is 26.5 Å². The number of hydrogen-bond acceptors (Lipinski definition) is 5. The number of ether oxygens (including phenoxy) is 1. The molecule has 1 aromatic rings. The third-order valence-electron chi connectivity index (χ3n) is 3.23. The van der Waals surface area contributed by atoms with Crippen molar-refractivity contribution < 1.29 is 9.53 Å². The lowest BCUT2D eigenvalue weighted by Crippen LogP contribution is -2.49. The molecular weight excluding hydrogens is 288 g/mol. The maximum absolute atomic E-state index is 12.0. The Balaban J connectivity index is 1.88. The molecule has 1 amide bonds. The number of nitrogens with zero attached hydrogens (tertiary/aromatic N) is 2. The van der Waals surface area contributed by atoms with Gasteiger partial charge in [0, 0.05) is 44.5 Å². The lowest BCUT2D eigenvalue weighted by atomic mass is 10.2. The number of H-pyrrole nitrogens is 2. The van der Waals surface area contributed by atoms with Gasteiger partial charge in [-0.3, -0.25) is 14.7 Å². The van der Waals surface area contributed by atoms with Crippen molar-refractivity contribution in [2.45, 2.75) is 32.9 Å². The molecule has 2 N–H and O–H groups in total. The molecule has 2 rings (SSSR count). The molecular formula is C14H22N4O4. The Kier molecular flexibility index (Phi) is 4.70. The molecule has 8 heteroatoms. The minimum atomic E-state index is -0.505. The highest BCUT2D eigenvalue weighted by Gasteiger charge is 2.25. The number of amides is 1. The van der Waals surface area contributed by atoms with Crippen molar-refractivity contribution in [1.82, 2.24) is 19.8 Å². The van der Waals surface area contributed by atoms with E-state index in [0.29, 0.717) is 38.4 Å². The lowest BCUT2D eigenvalue weighted by molar-refractivity contribution is 0.0138. The minimum absolute atomic E-state index is 0.309. The van der Waals surface area contributed by atoms with E-state index < -0.39 is 16.9 Å². The largest absolute Gasteiger partial charge is 0.444 e. The number of carbonyl (C=O) groups is 1. The molecule has 8 nitrogen and oxygen atoms in total. The Labute approximate surface area is 128 Å². The Morgan fingerprint density at radius 2 is 1.82 bits per heavy atom. The summed E-state index contributed by atoms with van der Waals surface area (Å²) in [7, 11) is 0. The Morgan fingerprint density at radius 3 is 2.36 bits per heavy atom. The van der Waals surface area contributed by atoms with Gasteiger partial charge >= 0.3 is 11.8 Å². The van der Waals surface area contributed by atoms with Gasteiger partial charge in [-0.15, -0.1) is 0 Å². The van der Waals surface area contributed by atoms with Gasteiger partial charge in [-0.2, -0.15) is 0 Å². The van der Waals surface area contributed by atoms with Crippen LogP contribution in [0.25, 0.3) is 0 Å². The number of aromatic amines is 2. The summed E-state index contributed by atoms with van der Waals surface area (Å²) in [6.45, 7) is 8.42. The van der Waals surface area contributed by atoms with Crippen LogP contribution in [-0.2, 0) is 11.3 Å². The maximum Gasteiger partial charge on any atom is 0.410 e. The van der Waals surface area contributed by atoms with Crippen molar-refractivity contribution in [1.29, 1.82) is 0 Å². The minimum Gasteiger partial charge on any atom is -0.444 e. The molecule has 1 aliphatic heterocycles. The van der Waals surface area contributed by atoms with Crippen molar-refractivity contribution in [2.75, 3.05) is 26.2 Å². The highest BCUT2D eigenvalue weighted by atomic mass is 16.6. The normalized spacial score (nSPS) is 16.6. The van der Waals surface area contributed by atoms with Gasteiger partial charge in [0.1, 0.15) is 5.60 Å². The predicted molar refractivity (Wildman–Crippen MR) is 80.8 cm³/mol. The standard InChI is InChI=1S/C14H22N4O4/c1-14(2,3)22-13(21)18-6-4-17(5-7-18)9-10-8-11(19)16-12(20)15-10/h8H,4-7,9H2,1-3H3,(H2,15,16,19,20). The molecule has 22 heavy (non-hydrogen) atoms. The van der Waals surface area contributed by atoms with Crippen LogP contribution < -0.4 is 11.2 Å². The first kappa shape index (κ1) is 16.3. The molecule has 0 saturated carbocycles. The van der Waals surface area contributed by atoms with E-state index in [1.807, 2.05) is 20.8 Å². The Hall–Kier alpha value is -2.09. The van der Waals surface area contributed by atoms with Crippen LogP contribution >= 0.6 is 0 Å². The van der Waals surface area contributed by atoms with Crippen molar-refractivity contribution >= 4 is 6.09 Å². The van der Waals surface area contributed by atoms with Gasteiger partial charge in [-0.1, -0.05) is 0 Å². The second-order valence-corrected chi connectivity index (χ2v) is 6.36. The third kappa shape index (κ3) is 4.73. The average molecular weight is 310 g/mol. The molecule has 1 fully saturated rings. The summed E-state index contributed by atoms with van der Waals surface area (Å²) < 4.78 is 5.34. The van der Waals surface area contributed by atoms with E-state index in [-0.39, 0.29) is 6.09 Å². The van der Waals surface area contributed by atoms with E-state index in [1.54, 1.807) is 4.90 Å². The van der Waals surface area contributed by atoms with E-state index in [0.717, 1.165) is 0 Å². The van der Waals surface area contributed by atoms with Gasteiger partial charge in [0.25, 0.3) is 5.56 Å². The zero-order valence-electron chi connectivity index (χ0n) is 13.1. The van der Waals surface area contributed by atoms with Crippen LogP contribution in [0.4, 0.5) is 4.79 Å². The summed E-state index contributed by atoms with van der Waals surface area (Å²) in [5.41, 5.74) is -0.848. The van der Waals surface area contributed by atoms with Crippen LogP contribution in [0.3, 0.4) is 0 Å². The Bertz CT molecular complexity index is 607. The number of aromatic nitrogens is 2. The zero-order chi connectivity index (χ0) is 16.3. The summed E-state index contributed by atoms with van der Waals surface area (Å²) in [6.07, 6.45) is -0.309. The van der Waals surface area contributed by atoms with Crippen LogP contribution in [0.15, 0.2) is 15.7 Å². The zero-order valence-corrected chi connectivity index (χ0v) is 13.1. The molecule has 0 spiro atoms. The first-order chi connectivity index (χ1) is 10.2. The second kappa shape index (κ2) is 6.35. The molecule has 2 heterocycles. The van der Waals surface area contributed by atoms with Crippen molar-refractivity contribution in [2.24, 2.45) is 0 Å². The molecule has 1 aliphatic rings. The fraction of sp³-hybridized carbons (Fsp3) is 0.643. The van der Waals surface area contributed by atoms with Crippen molar-refractivity contribution in [3.8, 4) is 0 Å². The molecule has 0 radical (unpaired) electrons. The van der Waals surface area contributed by atoms with Crippen LogP contribution in [0, 0.1) is 0 Å². The molecule has 0 unspecified atom stereocenters. The number of hydrogen-bond donors (Lipinski definition) is 2. The number of nitrogens with one attached hydrogen (secondary N) is 2. The predicted octanol–water partition coefficient (Wildman–Crippen LogP) is 0.116.